The highest BCUT2D eigenvalue weighted by Crippen LogP contribution is 2.18. The summed E-state index contributed by atoms with van der Waals surface area (Å²) in [5.41, 5.74) is 2.17. The van der Waals surface area contributed by atoms with Gasteiger partial charge in [0.05, 0.1) is 12.7 Å². The SMILES string of the molecule is CCOCCN(CC)CC(O)c1ccccc1C. The van der Waals surface area contributed by atoms with E-state index in [1.165, 1.54) is 0 Å². The maximum atomic E-state index is 10.3. The van der Waals surface area contributed by atoms with Crippen molar-refractivity contribution in [2.24, 2.45) is 0 Å². The monoisotopic (exact) mass is 251 g/mol. The first-order valence-electron chi connectivity index (χ1n) is 6.72. The Hall–Kier alpha value is -0.900. The molecule has 0 heterocycles. The summed E-state index contributed by atoms with van der Waals surface area (Å²) in [5, 5.41) is 10.3. The van der Waals surface area contributed by atoms with Gasteiger partial charge in [-0.3, -0.25) is 4.90 Å². The second kappa shape index (κ2) is 8.25. The molecule has 3 nitrogen and oxygen atoms in total. The topological polar surface area (TPSA) is 32.7 Å². The molecule has 18 heavy (non-hydrogen) atoms. The normalized spacial score (nSPS) is 12.9. The standard InChI is InChI=1S/C15H25NO2/c1-4-16(10-11-18-5-2)12-15(17)14-9-7-6-8-13(14)3/h6-9,15,17H,4-5,10-12H2,1-3H3. The number of rotatable bonds is 8. The van der Waals surface area contributed by atoms with Crippen LogP contribution in [-0.4, -0.2) is 42.9 Å². The first-order chi connectivity index (χ1) is 8.69. The Balaban J connectivity index is 2.51. The van der Waals surface area contributed by atoms with Crippen LogP contribution < -0.4 is 0 Å². The Morgan fingerprint density at radius 1 is 1.28 bits per heavy atom. The maximum Gasteiger partial charge on any atom is 0.0919 e. The Morgan fingerprint density at radius 2 is 2.00 bits per heavy atom. The van der Waals surface area contributed by atoms with Gasteiger partial charge in [0.25, 0.3) is 0 Å². The van der Waals surface area contributed by atoms with Crippen molar-refractivity contribution >= 4 is 0 Å². The van der Waals surface area contributed by atoms with Crippen molar-refractivity contribution in [3.8, 4) is 0 Å². The highest BCUT2D eigenvalue weighted by molar-refractivity contribution is 5.27. The molecule has 0 aliphatic heterocycles. The molecule has 0 amide bonds. The molecular weight excluding hydrogens is 226 g/mol. The van der Waals surface area contributed by atoms with Crippen LogP contribution in [0.1, 0.15) is 31.1 Å². The molecule has 0 saturated carbocycles. The van der Waals surface area contributed by atoms with Crippen LogP contribution in [0.15, 0.2) is 24.3 Å². The Kier molecular flexibility index (Phi) is 6.94. The van der Waals surface area contributed by atoms with Crippen molar-refractivity contribution in [1.29, 1.82) is 0 Å². The Morgan fingerprint density at radius 3 is 2.61 bits per heavy atom. The van der Waals surface area contributed by atoms with Gasteiger partial charge < -0.3 is 9.84 Å². The third-order valence-corrected chi connectivity index (χ3v) is 3.18. The van der Waals surface area contributed by atoms with Gasteiger partial charge in [0.2, 0.25) is 0 Å². The second-order valence-electron chi connectivity index (χ2n) is 4.46. The predicted octanol–water partition coefficient (Wildman–Crippen LogP) is 2.39. The number of aryl methyl sites for hydroxylation is 1. The zero-order valence-electron chi connectivity index (χ0n) is 11.7. The number of aliphatic hydroxyl groups is 1. The molecule has 0 aromatic heterocycles. The zero-order valence-corrected chi connectivity index (χ0v) is 11.7. The van der Waals surface area contributed by atoms with Crippen LogP contribution in [0.25, 0.3) is 0 Å². The average Bonchev–Trinajstić information content (AvgIpc) is 2.38. The Bertz CT molecular complexity index is 341. The summed E-state index contributed by atoms with van der Waals surface area (Å²) in [4.78, 5) is 2.22. The van der Waals surface area contributed by atoms with Crippen molar-refractivity contribution in [3.63, 3.8) is 0 Å². The largest absolute Gasteiger partial charge is 0.387 e. The van der Waals surface area contributed by atoms with Gasteiger partial charge in [-0.15, -0.1) is 0 Å². The summed E-state index contributed by atoms with van der Waals surface area (Å²) in [6, 6.07) is 8.01. The third kappa shape index (κ3) is 4.77. The van der Waals surface area contributed by atoms with Crippen LogP contribution >= 0.6 is 0 Å². The van der Waals surface area contributed by atoms with Crippen LogP contribution in [0.2, 0.25) is 0 Å². The van der Waals surface area contributed by atoms with Crippen LogP contribution in [0.3, 0.4) is 0 Å². The van der Waals surface area contributed by atoms with Gasteiger partial charge in [-0.1, -0.05) is 31.2 Å². The van der Waals surface area contributed by atoms with Crippen molar-refractivity contribution < 1.29 is 9.84 Å². The van der Waals surface area contributed by atoms with E-state index in [0.29, 0.717) is 6.54 Å². The van der Waals surface area contributed by atoms with Gasteiger partial charge in [0, 0.05) is 19.7 Å². The summed E-state index contributed by atoms with van der Waals surface area (Å²) in [7, 11) is 0. The van der Waals surface area contributed by atoms with Crippen LogP contribution in [0, 0.1) is 6.92 Å². The molecule has 0 saturated heterocycles. The second-order valence-corrected chi connectivity index (χ2v) is 4.46. The molecule has 0 spiro atoms. The maximum absolute atomic E-state index is 10.3. The number of hydrogen-bond donors (Lipinski definition) is 1. The minimum absolute atomic E-state index is 0.423. The van der Waals surface area contributed by atoms with Gasteiger partial charge in [-0.2, -0.15) is 0 Å². The quantitative estimate of drug-likeness (QED) is 0.720. The zero-order chi connectivity index (χ0) is 13.4. The fourth-order valence-corrected chi connectivity index (χ4v) is 2.02. The summed E-state index contributed by atoms with van der Waals surface area (Å²) in [6.07, 6.45) is -0.423. The minimum atomic E-state index is -0.423. The minimum Gasteiger partial charge on any atom is -0.387 e. The molecule has 0 bridgehead atoms. The van der Waals surface area contributed by atoms with E-state index in [2.05, 4.69) is 11.8 Å². The van der Waals surface area contributed by atoms with Crippen molar-refractivity contribution in [2.75, 3.05) is 32.8 Å². The Labute approximate surface area is 110 Å². The molecule has 1 atom stereocenters. The van der Waals surface area contributed by atoms with Crippen molar-refractivity contribution in [1.82, 2.24) is 4.90 Å². The van der Waals surface area contributed by atoms with E-state index in [9.17, 15) is 5.11 Å². The lowest BCUT2D eigenvalue weighted by Gasteiger charge is -2.24. The van der Waals surface area contributed by atoms with Gasteiger partial charge in [-0.25, -0.2) is 0 Å². The smallest absolute Gasteiger partial charge is 0.0919 e. The summed E-state index contributed by atoms with van der Waals surface area (Å²) in [6.45, 7) is 10.1. The van der Waals surface area contributed by atoms with E-state index in [-0.39, 0.29) is 0 Å². The molecule has 0 aliphatic rings. The molecule has 1 unspecified atom stereocenters. The van der Waals surface area contributed by atoms with E-state index < -0.39 is 6.10 Å². The van der Waals surface area contributed by atoms with Gasteiger partial charge >= 0.3 is 0 Å². The number of aliphatic hydroxyl groups excluding tert-OH is 1. The predicted molar refractivity (Wildman–Crippen MR) is 74.7 cm³/mol. The van der Waals surface area contributed by atoms with Crippen LogP contribution in [-0.2, 0) is 4.74 Å². The third-order valence-electron chi connectivity index (χ3n) is 3.18. The molecule has 0 aliphatic carbocycles. The van der Waals surface area contributed by atoms with Crippen LogP contribution in [0.5, 0.6) is 0 Å². The summed E-state index contributed by atoms with van der Waals surface area (Å²) < 4.78 is 5.35. The van der Waals surface area contributed by atoms with Crippen molar-refractivity contribution in [2.45, 2.75) is 26.9 Å². The van der Waals surface area contributed by atoms with E-state index in [0.717, 1.165) is 37.4 Å². The highest BCUT2D eigenvalue weighted by atomic mass is 16.5. The summed E-state index contributed by atoms with van der Waals surface area (Å²) in [5.74, 6) is 0. The van der Waals surface area contributed by atoms with E-state index in [1.54, 1.807) is 0 Å². The molecular formula is C15H25NO2. The molecule has 1 rings (SSSR count). The van der Waals surface area contributed by atoms with Gasteiger partial charge in [-0.05, 0) is 31.5 Å². The lowest BCUT2D eigenvalue weighted by atomic mass is 10.0. The summed E-state index contributed by atoms with van der Waals surface area (Å²) >= 11 is 0. The lowest BCUT2D eigenvalue weighted by Crippen LogP contribution is -2.32. The molecule has 3 heteroatoms. The highest BCUT2D eigenvalue weighted by Gasteiger charge is 2.13. The van der Waals surface area contributed by atoms with E-state index in [4.69, 9.17) is 4.74 Å². The molecule has 0 radical (unpaired) electrons. The molecule has 0 fully saturated rings. The number of nitrogens with zero attached hydrogens (tertiary/aromatic N) is 1. The van der Waals surface area contributed by atoms with Crippen LogP contribution in [0.4, 0.5) is 0 Å². The molecule has 102 valence electrons. The fraction of sp³-hybridized carbons (Fsp3) is 0.600. The van der Waals surface area contributed by atoms with Crippen molar-refractivity contribution in [3.05, 3.63) is 35.4 Å². The van der Waals surface area contributed by atoms with E-state index in [1.807, 2.05) is 38.1 Å². The van der Waals surface area contributed by atoms with Gasteiger partial charge in [0.15, 0.2) is 0 Å². The van der Waals surface area contributed by atoms with E-state index >= 15 is 0 Å². The number of likely N-dealkylation sites (N-methyl/N-ethyl adjacent to an activating group) is 1. The molecule has 1 N–H and O–H groups in total. The van der Waals surface area contributed by atoms with Gasteiger partial charge in [0.1, 0.15) is 0 Å². The average molecular weight is 251 g/mol. The first-order valence-corrected chi connectivity index (χ1v) is 6.72. The number of benzene rings is 1. The number of ether oxygens (including phenoxy) is 1. The molecule has 1 aromatic rings. The fourth-order valence-electron chi connectivity index (χ4n) is 2.02. The molecule has 1 aromatic carbocycles. The lowest BCUT2D eigenvalue weighted by molar-refractivity contribution is 0.0790. The number of hydrogen-bond acceptors (Lipinski definition) is 3. The first kappa shape index (κ1) is 15.2.